The zero-order valence-electron chi connectivity index (χ0n) is 23.7. The second-order valence-electron chi connectivity index (χ2n) is 10.3. The van der Waals surface area contributed by atoms with Gasteiger partial charge in [-0.1, -0.05) is 106 Å². The van der Waals surface area contributed by atoms with E-state index in [2.05, 4.69) is 60.7 Å². The largest absolute Gasteiger partial charge is 0.350 e. The Morgan fingerprint density at radius 2 is 1.09 bits per heavy atom. The molecule has 1 N–H and O–H groups in total. The van der Waals surface area contributed by atoms with Gasteiger partial charge in [0.05, 0.1) is 13.2 Å². The van der Waals surface area contributed by atoms with Crippen molar-refractivity contribution in [3.05, 3.63) is 0 Å². The Balaban J connectivity index is 5.54. The van der Waals surface area contributed by atoms with Gasteiger partial charge in [0.25, 0.3) is 0 Å². The van der Waals surface area contributed by atoms with Gasteiger partial charge in [-0.25, -0.2) is 0 Å². The van der Waals surface area contributed by atoms with Crippen molar-refractivity contribution in [3.63, 3.8) is 0 Å². The summed E-state index contributed by atoms with van der Waals surface area (Å²) in [4.78, 5) is 0. The molecule has 0 aromatic heterocycles. The minimum Gasteiger partial charge on any atom is -0.307 e. The highest BCUT2D eigenvalue weighted by atomic mass is 31.2. The molecule has 0 radical (unpaired) electrons. The summed E-state index contributed by atoms with van der Waals surface area (Å²) >= 11 is 0. The number of unbranched alkanes of at least 4 members (excludes halogenated alkanes) is 3. The standard InChI is InChI=1S/C28H60NO3P/c1-9-16-19-25(12-4)22-29-28(8,15-7)33(30,31-23-26(13-5)20-17-10-2)32-24-27(14-6)21-18-11-3/h25-27,29H,9-24H2,1-8H3. The molecule has 4 atom stereocenters. The number of nitrogens with one attached hydrogen (secondary N) is 1. The highest BCUT2D eigenvalue weighted by Crippen LogP contribution is 2.60. The first-order valence-electron chi connectivity index (χ1n) is 14.4. The van der Waals surface area contributed by atoms with E-state index < -0.39 is 12.9 Å². The van der Waals surface area contributed by atoms with E-state index >= 15 is 0 Å². The van der Waals surface area contributed by atoms with Crippen LogP contribution in [-0.2, 0) is 13.6 Å². The molecule has 0 aromatic rings. The summed E-state index contributed by atoms with van der Waals surface area (Å²) in [6.07, 6.45) is 14.7. The minimum atomic E-state index is -3.34. The maximum atomic E-state index is 14.5. The lowest BCUT2D eigenvalue weighted by Crippen LogP contribution is -2.45. The van der Waals surface area contributed by atoms with Crippen LogP contribution in [0.4, 0.5) is 0 Å². The Kier molecular flexibility index (Phi) is 19.4. The molecule has 0 rings (SSSR count). The van der Waals surface area contributed by atoms with E-state index in [1.165, 1.54) is 44.9 Å². The van der Waals surface area contributed by atoms with Gasteiger partial charge in [0.15, 0.2) is 0 Å². The molecule has 4 nitrogen and oxygen atoms in total. The normalized spacial score (nSPS) is 18.4. The molecule has 4 unspecified atom stereocenters. The van der Waals surface area contributed by atoms with Crippen LogP contribution in [0.5, 0.6) is 0 Å². The molecule has 0 amide bonds. The SMILES string of the molecule is CCCCC(CC)CNC(C)(CC)P(=O)(OCC(CC)CCCC)OCC(CC)CCCC. The van der Waals surface area contributed by atoms with Crippen molar-refractivity contribution < 1.29 is 13.6 Å². The first-order chi connectivity index (χ1) is 15.8. The van der Waals surface area contributed by atoms with E-state index in [1.807, 2.05) is 0 Å². The lowest BCUT2D eigenvalue weighted by molar-refractivity contribution is 0.130. The average molecular weight is 490 g/mol. The monoisotopic (exact) mass is 489 g/mol. The predicted molar refractivity (Wildman–Crippen MR) is 146 cm³/mol. The zero-order chi connectivity index (χ0) is 25.2. The van der Waals surface area contributed by atoms with Gasteiger partial charge in [-0.05, 0) is 56.9 Å². The maximum Gasteiger partial charge on any atom is 0.350 e. The van der Waals surface area contributed by atoms with E-state index in [0.717, 1.165) is 45.1 Å². The first-order valence-corrected chi connectivity index (χ1v) is 16.0. The fraction of sp³-hybridized carbons (Fsp3) is 1.00. The quantitative estimate of drug-likeness (QED) is 0.145. The molecule has 200 valence electrons. The van der Waals surface area contributed by atoms with Crippen molar-refractivity contribution in [3.8, 4) is 0 Å². The topological polar surface area (TPSA) is 47.6 Å². The number of rotatable bonds is 23. The number of hydrogen-bond donors (Lipinski definition) is 1. The number of hydrogen-bond acceptors (Lipinski definition) is 4. The van der Waals surface area contributed by atoms with Gasteiger partial charge in [-0.3, -0.25) is 4.57 Å². The average Bonchev–Trinajstić information content (AvgIpc) is 2.84. The van der Waals surface area contributed by atoms with E-state index in [0.29, 0.717) is 31.0 Å². The Morgan fingerprint density at radius 3 is 1.42 bits per heavy atom. The Labute approximate surface area is 208 Å². The molecule has 0 bridgehead atoms. The summed E-state index contributed by atoms with van der Waals surface area (Å²) in [5.41, 5.74) is 0. The van der Waals surface area contributed by atoms with Crippen LogP contribution in [0.25, 0.3) is 0 Å². The van der Waals surface area contributed by atoms with Crippen molar-refractivity contribution in [2.75, 3.05) is 19.8 Å². The molecule has 0 aliphatic heterocycles. The molecule has 0 heterocycles. The van der Waals surface area contributed by atoms with Crippen molar-refractivity contribution in [2.24, 2.45) is 17.8 Å². The summed E-state index contributed by atoms with van der Waals surface area (Å²) in [5, 5.41) is 3.05. The second kappa shape index (κ2) is 19.3. The minimum absolute atomic E-state index is 0.443. The van der Waals surface area contributed by atoms with Crippen LogP contribution in [0, 0.1) is 17.8 Å². The summed E-state index contributed by atoms with van der Waals surface area (Å²) in [6, 6.07) is 0. The van der Waals surface area contributed by atoms with Crippen molar-refractivity contribution >= 4 is 7.60 Å². The third-order valence-electron chi connectivity index (χ3n) is 7.65. The van der Waals surface area contributed by atoms with Gasteiger partial charge in [-0.2, -0.15) is 0 Å². The van der Waals surface area contributed by atoms with Crippen LogP contribution in [0.2, 0.25) is 0 Å². The molecule has 0 saturated carbocycles. The van der Waals surface area contributed by atoms with Gasteiger partial charge in [0.1, 0.15) is 5.28 Å². The highest BCUT2D eigenvalue weighted by molar-refractivity contribution is 7.55. The summed E-state index contributed by atoms with van der Waals surface area (Å²) in [7, 11) is -3.34. The summed E-state index contributed by atoms with van der Waals surface area (Å²) < 4.78 is 27.2. The lowest BCUT2D eigenvalue weighted by atomic mass is 9.99. The van der Waals surface area contributed by atoms with E-state index in [9.17, 15) is 4.57 Å². The van der Waals surface area contributed by atoms with Crippen molar-refractivity contribution in [1.82, 2.24) is 5.32 Å². The van der Waals surface area contributed by atoms with Gasteiger partial charge < -0.3 is 14.4 Å². The van der Waals surface area contributed by atoms with E-state index in [-0.39, 0.29) is 0 Å². The third kappa shape index (κ3) is 12.6. The van der Waals surface area contributed by atoms with Gasteiger partial charge in [-0.15, -0.1) is 0 Å². The molecule has 0 aliphatic carbocycles. The fourth-order valence-corrected chi connectivity index (χ4v) is 6.38. The van der Waals surface area contributed by atoms with Crippen LogP contribution in [-0.4, -0.2) is 25.0 Å². The summed E-state index contributed by atoms with van der Waals surface area (Å²) in [5.74, 6) is 1.49. The van der Waals surface area contributed by atoms with Crippen LogP contribution >= 0.6 is 7.60 Å². The van der Waals surface area contributed by atoms with Crippen LogP contribution < -0.4 is 5.32 Å². The smallest absolute Gasteiger partial charge is 0.307 e. The maximum absolute atomic E-state index is 14.5. The molecule has 0 spiro atoms. The van der Waals surface area contributed by atoms with E-state index in [1.54, 1.807) is 0 Å². The van der Waals surface area contributed by atoms with Crippen LogP contribution in [0.15, 0.2) is 0 Å². The van der Waals surface area contributed by atoms with Crippen molar-refractivity contribution in [1.29, 1.82) is 0 Å². The molecule has 33 heavy (non-hydrogen) atoms. The molecular formula is C28H60NO3P. The van der Waals surface area contributed by atoms with Gasteiger partial charge in [0, 0.05) is 0 Å². The lowest BCUT2D eigenvalue weighted by Gasteiger charge is -2.38. The van der Waals surface area contributed by atoms with Gasteiger partial charge >= 0.3 is 7.60 Å². The highest BCUT2D eigenvalue weighted by Gasteiger charge is 2.46. The predicted octanol–water partition coefficient (Wildman–Crippen LogP) is 9.58. The van der Waals surface area contributed by atoms with Gasteiger partial charge in [0.2, 0.25) is 0 Å². The Bertz CT molecular complexity index is 478. The third-order valence-corrected chi connectivity index (χ3v) is 10.3. The van der Waals surface area contributed by atoms with Crippen LogP contribution in [0.1, 0.15) is 139 Å². The van der Waals surface area contributed by atoms with E-state index in [4.69, 9.17) is 9.05 Å². The first kappa shape index (κ1) is 33.1. The van der Waals surface area contributed by atoms with Crippen molar-refractivity contribution in [2.45, 2.75) is 144 Å². The molecule has 5 heteroatoms. The summed E-state index contributed by atoms with van der Waals surface area (Å²) in [6.45, 7) is 19.5. The zero-order valence-corrected chi connectivity index (χ0v) is 24.6. The molecule has 0 aliphatic rings. The molecule has 0 fully saturated rings. The Morgan fingerprint density at radius 1 is 0.697 bits per heavy atom. The molecule has 0 saturated heterocycles. The molecular weight excluding hydrogens is 429 g/mol. The Hall–Kier alpha value is 0.110. The fourth-order valence-electron chi connectivity index (χ4n) is 4.25. The second-order valence-corrected chi connectivity index (χ2v) is 12.8. The molecule has 0 aromatic carbocycles. The van der Waals surface area contributed by atoms with Crippen LogP contribution in [0.3, 0.4) is 0 Å².